The van der Waals surface area contributed by atoms with Gasteiger partial charge in [0.25, 0.3) is 5.69 Å². The Labute approximate surface area is 113 Å². The minimum absolute atomic E-state index is 0.0157. The molecule has 0 aliphatic carbocycles. The van der Waals surface area contributed by atoms with Crippen molar-refractivity contribution in [3.05, 3.63) is 69.1 Å². The molecule has 2 aromatic rings. The van der Waals surface area contributed by atoms with Crippen molar-refractivity contribution in [2.75, 3.05) is 0 Å². The number of hydrogen-bond acceptors (Lipinski definition) is 3. The third-order valence-electron chi connectivity index (χ3n) is 2.53. The first-order chi connectivity index (χ1) is 9.72. The molecule has 0 aliphatic heterocycles. The maximum absolute atomic E-state index is 10.6. The van der Waals surface area contributed by atoms with E-state index in [9.17, 15) is 10.1 Å². The van der Waals surface area contributed by atoms with Crippen LogP contribution in [0.2, 0.25) is 0 Å². The summed E-state index contributed by atoms with van der Waals surface area (Å²) < 4.78 is 0. The fourth-order valence-electron chi connectivity index (χ4n) is 1.65. The quantitative estimate of drug-likeness (QED) is 0.265. The molecule has 0 aromatic heterocycles. The zero-order chi connectivity index (χ0) is 14.4. The topological polar surface area (TPSA) is 117 Å². The molecule has 0 saturated heterocycles. The first kappa shape index (κ1) is 13.2. The van der Waals surface area contributed by atoms with Crippen LogP contribution in [0.4, 0.5) is 11.4 Å². The third kappa shape index (κ3) is 2.95. The van der Waals surface area contributed by atoms with Gasteiger partial charge in [-0.3, -0.25) is 10.1 Å². The number of nitro groups is 1. The smallest absolute Gasteiger partial charge is 0.258 e. The van der Waals surface area contributed by atoms with E-state index in [1.807, 2.05) is 6.07 Å². The highest BCUT2D eigenvalue weighted by Gasteiger charge is 2.08. The van der Waals surface area contributed by atoms with Gasteiger partial charge in [0.1, 0.15) is 10.9 Å². The van der Waals surface area contributed by atoms with Gasteiger partial charge < -0.3 is 0 Å². The Kier molecular flexibility index (Phi) is 4.01. The van der Waals surface area contributed by atoms with Gasteiger partial charge in [0, 0.05) is 17.7 Å². The molecule has 0 amide bonds. The molecule has 0 atom stereocenters. The van der Waals surface area contributed by atoms with Gasteiger partial charge in [-0.05, 0) is 28.9 Å². The highest BCUT2D eigenvalue weighted by molar-refractivity contribution is 5.76. The molecule has 0 aliphatic rings. The summed E-state index contributed by atoms with van der Waals surface area (Å²) in [4.78, 5) is 12.6. The van der Waals surface area contributed by atoms with E-state index in [0.29, 0.717) is 5.69 Å². The van der Waals surface area contributed by atoms with E-state index in [1.165, 1.54) is 12.1 Å². The molecule has 20 heavy (non-hydrogen) atoms. The first-order valence-electron chi connectivity index (χ1n) is 5.51. The minimum Gasteiger partial charge on any atom is -0.258 e. The van der Waals surface area contributed by atoms with Gasteiger partial charge in [0.2, 0.25) is 0 Å². The van der Waals surface area contributed by atoms with Crippen LogP contribution in [-0.4, -0.2) is 4.92 Å². The summed E-state index contributed by atoms with van der Waals surface area (Å²) in [5.41, 5.74) is 10.2. The van der Waals surface area contributed by atoms with E-state index in [0.717, 1.165) is 11.1 Å². The lowest BCUT2D eigenvalue weighted by atomic mass is 10.0. The van der Waals surface area contributed by atoms with Gasteiger partial charge in [0.05, 0.1) is 10.1 Å². The van der Waals surface area contributed by atoms with Crippen LogP contribution in [0.3, 0.4) is 0 Å². The van der Waals surface area contributed by atoms with Crippen molar-refractivity contribution in [3.63, 3.8) is 0 Å². The van der Waals surface area contributed by atoms with Crippen molar-refractivity contribution < 1.29 is 4.92 Å². The highest BCUT2D eigenvalue weighted by atomic mass is 16.6. The largest absolute Gasteiger partial charge is 0.269 e. The summed E-state index contributed by atoms with van der Waals surface area (Å²) in [6, 6.07) is 13.1. The molecule has 0 bridgehead atoms. The van der Waals surface area contributed by atoms with Crippen LogP contribution >= 0.6 is 0 Å². The van der Waals surface area contributed by atoms with Crippen molar-refractivity contribution in [3.8, 4) is 11.1 Å². The van der Waals surface area contributed by atoms with Gasteiger partial charge in [-0.2, -0.15) is 4.91 Å². The number of nitrogens with zero attached hydrogens (tertiary/aromatic N) is 6. The number of rotatable bonds is 4. The Bertz CT molecular complexity index is 704. The van der Waals surface area contributed by atoms with E-state index in [4.69, 9.17) is 5.53 Å². The molecule has 98 valence electrons. The van der Waals surface area contributed by atoms with E-state index in [-0.39, 0.29) is 5.69 Å². The van der Waals surface area contributed by atoms with E-state index in [1.54, 1.807) is 30.3 Å². The molecule has 0 saturated carbocycles. The summed E-state index contributed by atoms with van der Waals surface area (Å²) in [7, 11) is 0. The van der Waals surface area contributed by atoms with Crippen molar-refractivity contribution in [1.82, 2.24) is 0 Å². The minimum atomic E-state index is -0.461. The van der Waals surface area contributed by atoms with Gasteiger partial charge in [0.15, 0.2) is 0 Å². The summed E-state index contributed by atoms with van der Waals surface area (Å²) in [6.45, 7) is 0. The van der Waals surface area contributed by atoms with E-state index >= 15 is 0 Å². The van der Waals surface area contributed by atoms with Crippen molar-refractivity contribution in [1.29, 1.82) is 0 Å². The first-order valence-corrected chi connectivity index (χ1v) is 5.51. The average molecular weight is 268 g/mol. The molecule has 0 heterocycles. The number of nitro benzene ring substituents is 1. The fourth-order valence-corrected chi connectivity index (χ4v) is 1.65. The van der Waals surface area contributed by atoms with Gasteiger partial charge >= 0.3 is 0 Å². The molecule has 0 unspecified atom stereocenters. The molecule has 2 rings (SSSR count). The lowest BCUT2D eigenvalue weighted by Crippen LogP contribution is -1.87. The lowest BCUT2D eigenvalue weighted by Gasteiger charge is -2.03. The average Bonchev–Trinajstić information content (AvgIpc) is 2.48. The molecule has 0 spiro atoms. The zero-order valence-corrected chi connectivity index (χ0v) is 10.1. The molecule has 0 radical (unpaired) electrons. The Morgan fingerprint density at radius 2 is 1.80 bits per heavy atom. The van der Waals surface area contributed by atoms with Crippen LogP contribution in [0.1, 0.15) is 0 Å². The van der Waals surface area contributed by atoms with Crippen LogP contribution in [0.25, 0.3) is 21.6 Å². The number of non-ortho nitro benzene ring substituents is 1. The summed E-state index contributed by atoms with van der Waals surface area (Å²) in [6.07, 6.45) is 0. The maximum atomic E-state index is 10.6. The van der Waals surface area contributed by atoms with Gasteiger partial charge in [-0.1, -0.05) is 18.2 Å². The lowest BCUT2D eigenvalue weighted by molar-refractivity contribution is -0.384. The molecule has 8 heteroatoms. The number of hydrogen-bond donors (Lipinski definition) is 0. The molecule has 0 N–H and O–H groups in total. The number of benzene rings is 2. The molecular formula is C12H8N6O2. The Morgan fingerprint density at radius 3 is 2.45 bits per heavy atom. The van der Waals surface area contributed by atoms with Crippen molar-refractivity contribution in [2.24, 2.45) is 15.6 Å². The fraction of sp³-hybridized carbons (Fsp3) is 0. The zero-order valence-electron chi connectivity index (χ0n) is 10.1. The predicted octanol–water partition coefficient (Wildman–Crippen LogP) is 4.57. The van der Waals surface area contributed by atoms with Gasteiger partial charge in [-0.25, -0.2) is 0 Å². The molecule has 2 aromatic carbocycles. The van der Waals surface area contributed by atoms with Crippen LogP contribution in [0.5, 0.6) is 0 Å². The summed E-state index contributed by atoms with van der Waals surface area (Å²) in [5.74, 6) is 0. The van der Waals surface area contributed by atoms with Gasteiger partial charge in [-0.15, -0.1) is 5.53 Å². The number of azide groups is 1. The Balaban J connectivity index is 2.41. The normalized spacial score (nSPS) is 10.2. The third-order valence-corrected chi connectivity index (χ3v) is 2.53. The highest BCUT2D eigenvalue weighted by Crippen LogP contribution is 2.31. The second kappa shape index (κ2) is 6.07. The summed E-state index contributed by atoms with van der Waals surface area (Å²) in [5, 5.41) is 20.7. The summed E-state index contributed by atoms with van der Waals surface area (Å²) >= 11 is 0. The second-order valence-corrected chi connectivity index (χ2v) is 3.69. The predicted molar refractivity (Wildman–Crippen MR) is 72.2 cm³/mol. The molecular weight excluding hydrogens is 260 g/mol. The van der Waals surface area contributed by atoms with Crippen LogP contribution in [0.15, 0.2) is 64.1 Å². The molecule has 8 nitrogen and oxygen atoms in total. The Hall–Kier alpha value is -3.25. The van der Waals surface area contributed by atoms with E-state index < -0.39 is 4.92 Å². The standard InChI is InChI=1S/C12H8N6O2/c13-15-17-16-14-12-4-2-1-3-11(12)9-5-7-10(8-6-9)18(19)20/h1-8H/b16-14+. The maximum Gasteiger partial charge on any atom is 0.269 e. The van der Waals surface area contributed by atoms with Crippen LogP contribution in [-0.2, 0) is 0 Å². The van der Waals surface area contributed by atoms with Crippen LogP contribution in [0, 0.1) is 10.1 Å². The van der Waals surface area contributed by atoms with Crippen molar-refractivity contribution in [2.45, 2.75) is 0 Å². The monoisotopic (exact) mass is 268 g/mol. The second-order valence-electron chi connectivity index (χ2n) is 3.69. The van der Waals surface area contributed by atoms with E-state index in [2.05, 4.69) is 20.5 Å². The van der Waals surface area contributed by atoms with Crippen molar-refractivity contribution >= 4 is 11.4 Å². The molecule has 0 fully saturated rings. The van der Waals surface area contributed by atoms with Crippen LogP contribution < -0.4 is 0 Å². The SMILES string of the molecule is [N-]=[N+]=N/N=N/c1ccccc1-c1ccc([N+](=O)[O-])cc1. The Morgan fingerprint density at radius 1 is 1.10 bits per heavy atom.